The molecule has 0 N–H and O–H groups in total. The van der Waals surface area contributed by atoms with Gasteiger partial charge in [0, 0.05) is 29.1 Å². The topological polar surface area (TPSA) is 63.5 Å². The van der Waals surface area contributed by atoms with Crippen LogP contribution in [0.25, 0.3) is 0 Å². The van der Waals surface area contributed by atoms with E-state index in [0.29, 0.717) is 17.7 Å². The molecule has 0 aliphatic rings. The Balaban J connectivity index is 2.23. The lowest BCUT2D eigenvalue weighted by atomic mass is 10.1. The van der Waals surface area contributed by atoms with Crippen LogP contribution in [0.4, 0.5) is 5.69 Å². The molecule has 110 valence electrons. The van der Waals surface area contributed by atoms with Crippen molar-refractivity contribution in [2.75, 3.05) is 7.05 Å². The Labute approximate surface area is 134 Å². The molecular formula is C14H13BrN2O3S. The SMILES string of the molecule is Cc1c(C(=O)N(C)Cc2ccc(Br)s2)cccc1[N+](=O)[O-]. The third-order valence-corrected chi connectivity index (χ3v) is 4.71. The number of benzene rings is 1. The number of nitro groups is 1. The van der Waals surface area contributed by atoms with E-state index in [9.17, 15) is 14.9 Å². The number of hydrogen-bond acceptors (Lipinski definition) is 4. The van der Waals surface area contributed by atoms with Crippen molar-refractivity contribution in [1.82, 2.24) is 4.90 Å². The highest BCUT2D eigenvalue weighted by molar-refractivity contribution is 9.11. The zero-order valence-electron chi connectivity index (χ0n) is 11.5. The van der Waals surface area contributed by atoms with Crippen LogP contribution in [0, 0.1) is 17.0 Å². The van der Waals surface area contributed by atoms with Gasteiger partial charge in [0.05, 0.1) is 15.3 Å². The standard InChI is InChI=1S/C14H13BrN2O3S/c1-9-11(4-3-5-12(9)17(19)20)14(18)16(2)8-10-6-7-13(15)21-10/h3-7H,8H2,1-2H3. The zero-order valence-corrected chi connectivity index (χ0v) is 13.9. The lowest BCUT2D eigenvalue weighted by Gasteiger charge is -2.17. The Morgan fingerprint density at radius 3 is 2.67 bits per heavy atom. The normalized spacial score (nSPS) is 10.4. The maximum absolute atomic E-state index is 12.4. The summed E-state index contributed by atoms with van der Waals surface area (Å²) >= 11 is 4.94. The van der Waals surface area contributed by atoms with Crippen LogP contribution in [0.15, 0.2) is 34.1 Å². The number of hydrogen-bond donors (Lipinski definition) is 0. The van der Waals surface area contributed by atoms with E-state index in [1.807, 2.05) is 12.1 Å². The predicted octanol–water partition coefficient (Wildman–Crippen LogP) is 4.00. The summed E-state index contributed by atoms with van der Waals surface area (Å²) in [5.74, 6) is -0.222. The van der Waals surface area contributed by atoms with Crippen LogP contribution >= 0.6 is 27.3 Å². The minimum absolute atomic E-state index is 0.0341. The Morgan fingerprint density at radius 2 is 2.10 bits per heavy atom. The molecule has 0 unspecified atom stereocenters. The summed E-state index contributed by atoms with van der Waals surface area (Å²) in [5.41, 5.74) is 0.724. The van der Waals surface area contributed by atoms with Crippen molar-refractivity contribution in [3.63, 3.8) is 0 Å². The lowest BCUT2D eigenvalue weighted by Crippen LogP contribution is -2.26. The summed E-state index contributed by atoms with van der Waals surface area (Å²) in [6.45, 7) is 2.07. The Bertz CT molecular complexity index is 699. The largest absolute Gasteiger partial charge is 0.337 e. The maximum Gasteiger partial charge on any atom is 0.273 e. The number of carbonyl (C=O) groups is 1. The summed E-state index contributed by atoms with van der Waals surface area (Å²) in [6, 6.07) is 8.43. The average molecular weight is 369 g/mol. The molecule has 5 nitrogen and oxygen atoms in total. The second kappa shape index (κ2) is 6.36. The number of thiophene rings is 1. The number of halogens is 1. The number of nitrogens with zero attached hydrogens (tertiary/aromatic N) is 2. The van der Waals surface area contributed by atoms with Crippen LogP contribution in [-0.2, 0) is 6.54 Å². The molecule has 0 aliphatic heterocycles. The van der Waals surface area contributed by atoms with E-state index in [4.69, 9.17) is 0 Å². The van der Waals surface area contributed by atoms with Gasteiger partial charge >= 0.3 is 0 Å². The molecule has 0 atom stereocenters. The first kappa shape index (κ1) is 15.7. The third-order valence-electron chi connectivity index (χ3n) is 3.10. The molecule has 0 bridgehead atoms. The molecule has 0 saturated heterocycles. The quantitative estimate of drug-likeness (QED) is 0.605. The molecular weight excluding hydrogens is 356 g/mol. The minimum atomic E-state index is -0.470. The van der Waals surface area contributed by atoms with Gasteiger partial charge in [0.2, 0.25) is 0 Å². The summed E-state index contributed by atoms with van der Waals surface area (Å²) in [5, 5.41) is 10.9. The molecule has 21 heavy (non-hydrogen) atoms. The van der Waals surface area contributed by atoms with Crippen molar-refractivity contribution in [1.29, 1.82) is 0 Å². The maximum atomic E-state index is 12.4. The number of rotatable bonds is 4. The molecule has 0 spiro atoms. The zero-order chi connectivity index (χ0) is 15.6. The summed E-state index contributed by atoms with van der Waals surface area (Å²) in [6.07, 6.45) is 0. The second-order valence-electron chi connectivity index (χ2n) is 4.57. The molecule has 1 amide bonds. The highest BCUT2D eigenvalue weighted by Gasteiger charge is 2.20. The van der Waals surface area contributed by atoms with Gasteiger partial charge in [-0.15, -0.1) is 11.3 Å². The van der Waals surface area contributed by atoms with Crippen molar-refractivity contribution < 1.29 is 9.72 Å². The van der Waals surface area contributed by atoms with Gasteiger partial charge in [-0.2, -0.15) is 0 Å². The van der Waals surface area contributed by atoms with Gasteiger partial charge in [-0.05, 0) is 41.1 Å². The monoisotopic (exact) mass is 368 g/mol. The van der Waals surface area contributed by atoms with Crippen LogP contribution < -0.4 is 0 Å². The fraction of sp³-hybridized carbons (Fsp3) is 0.214. The van der Waals surface area contributed by atoms with Gasteiger partial charge in [0.1, 0.15) is 0 Å². The predicted molar refractivity (Wildman–Crippen MR) is 85.6 cm³/mol. The first-order valence-corrected chi connectivity index (χ1v) is 7.74. The fourth-order valence-electron chi connectivity index (χ4n) is 2.00. The van der Waals surface area contributed by atoms with Crippen LogP contribution in [0.3, 0.4) is 0 Å². The lowest BCUT2D eigenvalue weighted by molar-refractivity contribution is -0.385. The van der Waals surface area contributed by atoms with E-state index in [2.05, 4.69) is 15.9 Å². The van der Waals surface area contributed by atoms with Crippen molar-refractivity contribution in [3.05, 3.63) is 60.2 Å². The van der Waals surface area contributed by atoms with Crippen LogP contribution in [-0.4, -0.2) is 22.8 Å². The number of nitro benzene ring substituents is 1. The molecule has 0 radical (unpaired) electrons. The Kier molecular flexibility index (Phi) is 4.74. The van der Waals surface area contributed by atoms with E-state index >= 15 is 0 Å². The van der Waals surface area contributed by atoms with Crippen molar-refractivity contribution in [2.45, 2.75) is 13.5 Å². The van der Waals surface area contributed by atoms with Crippen molar-refractivity contribution in [2.24, 2.45) is 0 Å². The van der Waals surface area contributed by atoms with E-state index in [1.165, 1.54) is 12.1 Å². The van der Waals surface area contributed by atoms with Gasteiger partial charge in [0.15, 0.2) is 0 Å². The second-order valence-corrected chi connectivity index (χ2v) is 7.12. The van der Waals surface area contributed by atoms with Gasteiger partial charge in [-0.25, -0.2) is 0 Å². The van der Waals surface area contributed by atoms with Crippen LogP contribution in [0.5, 0.6) is 0 Å². The van der Waals surface area contributed by atoms with Crippen LogP contribution in [0.1, 0.15) is 20.8 Å². The van der Waals surface area contributed by atoms with E-state index in [0.717, 1.165) is 8.66 Å². The Morgan fingerprint density at radius 1 is 1.38 bits per heavy atom. The molecule has 0 aliphatic carbocycles. The van der Waals surface area contributed by atoms with Gasteiger partial charge in [-0.3, -0.25) is 14.9 Å². The fourth-order valence-corrected chi connectivity index (χ4v) is 3.54. The molecule has 1 heterocycles. The minimum Gasteiger partial charge on any atom is -0.337 e. The molecule has 0 fully saturated rings. The van der Waals surface area contributed by atoms with E-state index in [1.54, 1.807) is 36.3 Å². The average Bonchev–Trinajstić information content (AvgIpc) is 2.83. The molecule has 2 rings (SSSR count). The summed E-state index contributed by atoms with van der Waals surface area (Å²) in [4.78, 5) is 25.5. The third kappa shape index (κ3) is 3.48. The van der Waals surface area contributed by atoms with Crippen molar-refractivity contribution >= 4 is 38.9 Å². The van der Waals surface area contributed by atoms with Gasteiger partial charge < -0.3 is 4.90 Å². The van der Waals surface area contributed by atoms with E-state index in [-0.39, 0.29) is 11.6 Å². The highest BCUT2D eigenvalue weighted by Crippen LogP contribution is 2.25. The first-order valence-electron chi connectivity index (χ1n) is 6.14. The molecule has 1 aromatic heterocycles. The first-order chi connectivity index (χ1) is 9.90. The molecule has 1 aromatic carbocycles. The number of carbonyl (C=O) groups excluding carboxylic acids is 1. The summed E-state index contributed by atoms with van der Waals surface area (Å²) in [7, 11) is 1.69. The Hall–Kier alpha value is -1.73. The van der Waals surface area contributed by atoms with Gasteiger partial charge in [-0.1, -0.05) is 6.07 Å². The molecule has 2 aromatic rings. The van der Waals surface area contributed by atoms with Crippen LogP contribution in [0.2, 0.25) is 0 Å². The highest BCUT2D eigenvalue weighted by atomic mass is 79.9. The molecule has 7 heteroatoms. The molecule has 0 saturated carbocycles. The number of amides is 1. The van der Waals surface area contributed by atoms with Gasteiger partial charge in [0.25, 0.3) is 11.6 Å². The summed E-state index contributed by atoms with van der Waals surface area (Å²) < 4.78 is 1.00. The smallest absolute Gasteiger partial charge is 0.273 e. The van der Waals surface area contributed by atoms with Crippen molar-refractivity contribution in [3.8, 4) is 0 Å². The van der Waals surface area contributed by atoms with E-state index < -0.39 is 4.92 Å².